The lowest BCUT2D eigenvalue weighted by Crippen LogP contribution is -2.60. The molecule has 2 saturated heterocycles. The summed E-state index contributed by atoms with van der Waals surface area (Å²) >= 11 is 0. The van der Waals surface area contributed by atoms with Crippen LogP contribution in [-0.4, -0.2) is 101 Å². The maximum atomic E-state index is 14.4. The van der Waals surface area contributed by atoms with E-state index in [2.05, 4.69) is 5.32 Å². The molecule has 13 nitrogen and oxygen atoms in total. The Bertz CT molecular complexity index is 1390. The van der Waals surface area contributed by atoms with Crippen molar-refractivity contribution >= 4 is 31.5 Å². The second kappa shape index (κ2) is 12.1. The van der Waals surface area contributed by atoms with Gasteiger partial charge in [0.05, 0.1) is 25.4 Å². The first kappa shape index (κ1) is 32.5. The van der Waals surface area contributed by atoms with Crippen LogP contribution in [0, 0.1) is 5.92 Å². The Morgan fingerprint density at radius 2 is 1.75 bits per heavy atom. The Morgan fingerprint density at radius 1 is 1.07 bits per heavy atom. The largest absolute Gasteiger partial charge is 0.497 e. The van der Waals surface area contributed by atoms with Crippen molar-refractivity contribution in [3.63, 3.8) is 0 Å². The summed E-state index contributed by atoms with van der Waals surface area (Å²) in [6, 6.07) is 12.0. The summed E-state index contributed by atoms with van der Waals surface area (Å²) in [5.41, 5.74) is 0.656. The lowest BCUT2D eigenvalue weighted by atomic mass is 9.82. The average molecular weight is 633 g/mol. The molecule has 2 fully saturated rings. The van der Waals surface area contributed by atoms with Crippen molar-refractivity contribution in [1.82, 2.24) is 0 Å². The summed E-state index contributed by atoms with van der Waals surface area (Å²) in [5, 5.41) is 51.8. The van der Waals surface area contributed by atoms with Crippen molar-refractivity contribution < 1.29 is 54.1 Å². The molecule has 2 aromatic carbocycles. The van der Waals surface area contributed by atoms with Crippen LogP contribution in [0.3, 0.4) is 0 Å². The van der Waals surface area contributed by atoms with E-state index in [9.17, 15) is 39.9 Å². The lowest BCUT2D eigenvalue weighted by molar-refractivity contribution is -0.274. The Labute approximate surface area is 255 Å². The molecule has 44 heavy (non-hydrogen) atoms. The van der Waals surface area contributed by atoms with Crippen molar-refractivity contribution in [2.75, 3.05) is 23.9 Å². The van der Waals surface area contributed by atoms with Gasteiger partial charge < -0.3 is 54.8 Å². The van der Waals surface area contributed by atoms with Gasteiger partial charge >= 0.3 is 0 Å². The van der Waals surface area contributed by atoms with Crippen LogP contribution in [0.25, 0.3) is 0 Å². The second-order valence-electron chi connectivity index (χ2n) is 12.3. The molecule has 0 radical (unpaired) electrons. The topological polar surface area (TPSA) is 198 Å². The fourth-order valence-corrected chi connectivity index (χ4v) is 9.51. The molecule has 7 N–H and O–H groups in total. The number of carbonyl (C=O) groups is 2. The molecule has 0 saturated carbocycles. The summed E-state index contributed by atoms with van der Waals surface area (Å²) in [6.45, 7) is 5.58. The summed E-state index contributed by atoms with van der Waals surface area (Å²) in [7, 11) is -1.30. The fraction of sp³-hybridized carbons (Fsp3) is 0.533. The zero-order chi connectivity index (χ0) is 32.1. The van der Waals surface area contributed by atoms with Crippen molar-refractivity contribution in [3.05, 3.63) is 53.6 Å². The van der Waals surface area contributed by atoms with Gasteiger partial charge in [0.25, 0.3) is 11.8 Å². The SMILES string of the molecule is COc1ccc2c(c1)[C@]1(O[C@@H](CCO)[C@H]([Si](C)(C)O)[C@H]1C)C(=O)N2Cc1ccc(NC(=O)[C@H]2O[C@@H](O)[C@H](O)[C@@H](O)[C@@H]2O)cc1. The predicted molar refractivity (Wildman–Crippen MR) is 159 cm³/mol. The summed E-state index contributed by atoms with van der Waals surface area (Å²) < 4.78 is 17.1. The summed E-state index contributed by atoms with van der Waals surface area (Å²) in [5.74, 6) is -0.943. The molecule has 0 unspecified atom stereocenters. The molecule has 0 bridgehead atoms. The molecule has 3 heterocycles. The molecule has 1 spiro atoms. The molecular weight excluding hydrogens is 592 g/mol. The Balaban J connectivity index is 1.39. The standard InChI is InChI=1S/C30H40N2O11Si/c1-15-26(44(3,4)40)21(11-12-33)43-30(15)19-13-18(41-2)9-10-20(19)32(29(30)39)14-16-5-7-17(8-6-16)31-27(37)25-23(35)22(34)24(36)28(38)42-25/h5-10,13,15,21-26,28,33-36,38,40H,11-12,14H2,1-4H3,(H,31,37)/t15-,21+,22+,23+,24-,25+,26-,28-,30+/m1/s1. The number of carbonyl (C=O) groups excluding carboxylic acids is 2. The highest BCUT2D eigenvalue weighted by Crippen LogP contribution is 2.60. The molecule has 9 atom stereocenters. The minimum Gasteiger partial charge on any atom is -0.497 e. The average Bonchev–Trinajstić information content (AvgIpc) is 3.41. The number of hydrogen-bond donors (Lipinski definition) is 7. The Hall–Kier alpha value is -2.92. The van der Waals surface area contributed by atoms with Gasteiger partial charge in [-0.3, -0.25) is 9.59 Å². The van der Waals surface area contributed by atoms with E-state index in [4.69, 9.17) is 14.2 Å². The number of nitrogens with zero attached hydrogens (tertiary/aromatic N) is 1. The number of methoxy groups -OCH3 is 1. The monoisotopic (exact) mass is 632 g/mol. The van der Waals surface area contributed by atoms with E-state index in [1.54, 1.807) is 47.4 Å². The van der Waals surface area contributed by atoms with E-state index in [1.807, 2.05) is 20.0 Å². The fourth-order valence-electron chi connectivity index (χ4n) is 6.90. The van der Waals surface area contributed by atoms with E-state index < -0.39 is 56.6 Å². The Morgan fingerprint density at radius 3 is 2.36 bits per heavy atom. The number of fused-ring (bicyclic) bond motifs is 2. The number of aliphatic hydroxyl groups excluding tert-OH is 5. The normalized spacial score (nSPS) is 33.5. The highest BCUT2D eigenvalue weighted by molar-refractivity contribution is 6.71. The molecule has 3 aliphatic heterocycles. The van der Waals surface area contributed by atoms with E-state index in [0.717, 1.165) is 5.56 Å². The van der Waals surface area contributed by atoms with Crippen LogP contribution in [0.4, 0.5) is 11.4 Å². The molecule has 240 valence electrons. The number of amides is 2. The number of anilines is 2. The van der Waals surface area contributed by atoms with Crippen LogP contribution in [-0.2, 0) is 31.2 Å². The Kier molecular flexibility index (Phi) is 8.94. The number of aliphatic hydroxyl groups is 5. The van der Waals surface area contributed by atoms with E-state index >= 15 is 0 Å². The molecule has 3 aliphatic rings. The van der Waals surface area contributed by atoms with Crippen molar-refractivity contribution in [3.8, 4) is 5.75 Å². The van der Waals surface area contributed by atoms with Gasteiger partial charge in [0.15, 0.2) is 26.3 Å². The second-order valence-corrected chi connectivity index (χ2v) is 16.2. The molecule has 2 aromatic rings. The number of benzene rings is 2. The van der Waals surface area contributed by atoms with Gasteiger partial charge in [-0.1, -0.05) is 19.1 Å². The zero-order valence-electron chi connectivity index (χ0n) is 25.0. The highest BCUT2D eigenvalue weighted by atomic mass is 28.4. The molecule has 0 aromatic heterocycles. The third-order valence-corrected chi connectivity index (χ3v) is 11.5. The van der Waals surface area contributed by atoms with Crippen LogP contribution >= 0.6 is 0 Å². The molecule has 0 aliphatic carbocycles. The minimum atomic E-state index is -2.84. The first-order valence-electron chi connectivity index (χ1n) is 14.5. The third kappa shape index (κ3) is 5.44. The lowest BCUT2D eigenvalue weighted by Gasteiger charge is -2.37. The van der Waals surface area contributed by atoms with Gasteiger partial charge in [0.1, 0.15) is 24.1 Å². The van der Waals surface area contributed by atoms with Crippen LogP contribution in [0.15, 0.2) is 42.5 Å². The van der Waals surface area contributed by atoms with Crippen LogP contribution in [0.1, 0.15) is 24.5 Å². The van der Waals surface area contributed by atoms with Crippen molar-refractivity contribution in [2.24, 2.45) is 5.92 Å². The van der Waals surface area contributed by atoms with Gasteiger partial charge in [0.2, 0.25) is 0 Å². The summed E-state index contributed by atoms with van der Waals surface area (Å²) in [4.78, 5) is 40.0. The van der Waals surface area contributed by atoms with Gasteiger partial charge in [-0.05, 0) is 55.4 Å². The highest BCUT2D eigenvalue weighted by Gasteiger charge is 2.66. The number of ether oxygens (including phenoxy) is 3. The zero-order valence-corrected chi connectivity index (χ0v) is 26.0. The quantitative estimate of drug-likeness (QED) is 0.196. The van der Waals surface area contributed by atoms with Crippen LogP contribution in [0.5, 0.6) is 5.75 Å². The number of hydrogen-bond acceptors (Lipinski definition) is 11. The maximum Gasteiger partial charge on any atom is 0.264 e. The van der Waals surface area contributed by atoms with Crippen molar-refractivity contribution in [2.45, 2.75) is 80.9 Å². The van der Waals surface area contributed by atoms with Crippen LogP contribution in [0.2, 0.25) is 18.6 Å². The van der Waals surface area contributed by atoms with Gasteiger partial charge in [0, 0.05) is 29.3 Å². The van der Waals surface area contributed by atoms with Gasteiger partial charge in [-0.2, -0.15) is 0 Å². The molecule has 5 rings (SSSR count). The number of nitrogens with one attached hydrogen (secondary N) is 1. The first-order chi connectivity index (χ1) is 20.7. The smallest absolute Gasteiger partial charge is 0.264 e. The first-order valence-corrected chi connectivity index (χ1v) is 17.6. The third-order valence-electron chi connectivity index (χ3n) is 9.01. The number of rotatable bonds is 8. The van der Waals surface area contributed by atoms with Crippen LogP contribution < -0.4 is 15.0 Å². The molecule has 14 heteroatoms. The van der Waals surface area contributed by atoms with Gasteiger partial charge in [-0.25, -0.2) is 0 Å². The van der Waals surface area contributed by atoms with E-state index in [1.165, 1.54) is 7.11 Å². The van der Waals surface area contributed by atoms with E-state index in [-0.39, 0.29) is 36.9 Å². The minimum absolute atomic E-state index is 0.144. The summed E-state index contributed by atoms with van der Waals surface area (Å²) in [6.07, 6.45) is -8.97. The maximum absolute atomic E-state index is 14.4. The van der Waals surface area contributed by atoms with Gasteiger partial charge in [-0.15, -0.1) is 0 Å². The molecular formula is C30H40N2O11Si. The van der Waals surface area contributed by atoms with Crippen molar-refractivity contribution in [1.29, 1.82) is 0 Å². The van der Waals surface area contributed by atoms with E-state index in [0.29, 0.717) is 22.7 Å². The predicted octanol–water partition coefficient (Wildman–Crippen LogP) is 0.161. The molecule has 2 amide bonds.